The number of rotatable bonds is 3. The summed E-state index contributed by atoms with van der Waals surface area (Å²) in [5.41, 5.74) is -0.703. The highest BCUT2D eigenvalue weighted by molar-refractivity contribution is 6.35. The Kier molecular flexibility index (Phi) is 4.43. The Hall–Kier alpha value is -2.18. The minimum atomic E-state index is -1.31. The van der Waals surface area contributed by atoms with E-state index in [1.807, 2.05) is 0 Å². The molecular formula is C17H12Cl2F2N2O2. The van der Waals surface area contributed by atoms with Crippen LogP contribution in [0.1, 0.15) is 12.5 Å². The fraction of sp³-hybridized carbons (Fsp3) is 0.176. The van der Waals surface area contributed by atoms with Crippen molar-refractivity contribution in [1.82, 2.24) is 5.32 Å². The van der Waals surface area contributed by atoms with E-state index in [9.17, 15) is 18.4 Å². The first-order chi connectivity index (χ1) is 11.7. The predicted octanol–water partition coefficient (Wildman–Crippen LogP) is 4.33. The molecule has 2 aromatic carbocycles. The number of nitrogens with one attached hydrogen (secondary N) is 1. The van der Waals surface area contributed by atoms with E-state index in [1.54, 1.807) is 0 Å². The molecule has 0 aliphatic carbocycles. The lowest BCUT2D eigenvalue weighted by Gasteiger charge is -2.22. The number of carbonyl (C=O) groups is 2. The summed E-state index contributed by atoms with van der Waals surface area (Å²) in [5, 5.41) is 3.14. The maximum atomic E-state index is 13.4. The Labute approximate surface area is 152 Å². The fourth-order valence-electron chi connectivity index (χ4n) is 2.76. The molecular weight excluding hydrogens is 373 g/mol. The first kappa shape index (κ1) is 17.6. The number of carbonyl (C=O) groups excluding carboxylic acids is 2. The lowest BCUT2D eigenvalue weighted by Crippen LogP contribution is -2.46. The summed E-state index contributed by atoms with van der Waals surface area (Å²) in [6.07, 6.45) is -0.000425. The quantitative estimate of drug-likeness (QED) is 0.800. The molecule has 1 unspecified atom stereocenters. The summed E-state index contributed by atoms with van der Waals surface area (Å²) in [6, 6.07) is 7.05. The molecule has 1 fully saturated rings. The SMILES string of the molecule is CC1(Cc2ccc(F)c(F)c2)NC(=O)N(c2cc(Cl)cc(Cl)c2)C1=O. The van der Waals surface area contributed by atoms with Crippen LogP contribution in [0.25, 0.3) is 0 Å². The van der Waals surface area contributed by atoms with Gasteiger partial charge in [0.05, 0.1) is 5.69 Å². The van der Waals surface area contributed by atoms with Crippen molar-refractivity contribution in [1.29, 1.82) is 0 Å². The van der Waals surface area contributed by atoms with E-state index in [0.29, 0.717) is 5.56 Å². The lowest BCUT2D eigenvalue weighted by molar-refractivity contribution is -0.121. The van der Waals surface area contributed by atoms with Crippen molar-refractivity contribution >= 4 is 40.8 Å². The van der Waals surface area contributed by atoms with Crippen LogP contribution in [0.3, 0.4) is 0 Å². The zero-order valence-corrected chi connectivity index (χ0v) is 14.5. The van der Waals surface area contributed by atoms with E-state index in [2.05, 4.69) is 5.32 Å². The second-order valence-electron chi connectivity index (χ2n) is 5.96. The zero-order chi connectivity index (χ0) is 18.4. The van der Waals surface area contributed by atoms with E-state index in [0.717, 1.165) is 17.0 Å². The molecule has 0 saturated carbocycles. The summed E-state index contributed by atoms with van der Waals surface area (Å²) >= 11 is 11.9. The van der Waals surface area contributed by atoms with Gasteiger partial charge in [0.25, 0.3) is 5.91 Å². The maximum Gasteiger partial charge on any atom is 0.329 e. The molecule has 4 nitrogen and oxygen atoms in total. The topological polar surface area (TPSA) is 49.4 Å². The van der Waals surface area contributed by atoms with Gasteiger partial charge in [-0.3, -0.25) is 4.79 Å². The minimum Gasteiger partial charge on any atom is -0.323 e. The van der Waals surface area contributed by atoms with Crippen molar-refractivity contribution in [3.8, 4) is 0 Å². The molecule has 1 aliphatic rings. The van der Waals surface area contributed by atoms with E-state index in [4.69, 9.17) is 23.2 Å². The number of nitrogens with zero attached hydrogens (tertiary/aromatic N) is 1. The third-order valence-electron chi connectivity index (χ3n) is 3.91. The third-order valence-corrected chi connectivity index (χ3v) is 4.34. The average molecular weight is 385 g/mol. The molecule has 3 rings (SSSR count). The number of anilines is 1. The zero-order valence-electron chi connectivity index (χ0n) is 12.9. The van der Waals surface area contributed by atoms with Crippen molar-refractivity contribution in [3.05, 3.63) is 63.6 Å². The number of hydrogen-bond acceptors (Lipinski definition) is 2. The van der Waals surface area contributed by atoms with Crippen LogP contribution in [0.4, 0.5) is 19.3 Å². The average Bonchev–Trinajstić information content (AvgIpc) is 2.71. The van der Waals surface area contributed by atoms with Gasteiger partial charge < -0.3 is 5.32 Å². The van der Waals surface area contributed by atoms with Crippen molar-refractivity contribution < 1.29 is 18.4 Å². The Bertz CT molecular complexity index is 871. The van der Waals surface area contributed by atoms with Crippen LogP contribution in [0.2, 0.25) is 10.0 Å². The molecule has 3 amide bonds. The molecule has 0 radical (unpaired) electrons. The van der Waals surface area contributed by atoms with Gasteiger partial charge in [-0.1, -0.05) is 29.3 Å². The number of urea groups is 1. The van der Waals surface area contributed by atoms with Crippen LogP contribution in [-0.4, -0.2) is 17.5 Å². The van der Waals surface area contributed by atoms with Gasteiger partial charge in [0.1, 0.15) is 5.54 Å². The first-order valence-electron chi connectivity index (χ1n) is 7.26. The highest BCUT2D eigenvalue weighted by atomic mass is 35.5. The normalized spacial score (nSPS) is 20.1. The Morgan fingerprint density at radius 1 is 1.04 bits per heavy atom. The largest absolute Gasteiger partial charge is 0.329 e. The summed E-state index contributed by atoms with van der Waals surface area (Å²) < 4.78 is 26.5. The molecule has 1 N–H and O–H groups in total. The van der Waals surface area contributed by atoms with Crippen LogP contribution >= 0.6 is 23.2 Å². The summed E-state index contributed by atoms with van der Waals surface area (Å²) in [4.78, 5) is 26.0. The van der Waals surface area contributed by atoms with E-state index < -0.39 is 29.1 Å². The molecule has 1 atom stereocenters. The van der Waals surface area contributed by atoms with Gasteiger partial charge in [-0.05, 0) is 42.8 Å². The van der Waals surface area contributed by atoms with Crippen LogP contribution in [0.5, 0.6) is 0 Å². The highest BCUT2D eigenvalue weighted by Gasteiger charge is 2.48. The van der Waals surface area contributed by atoms with Crippen molar-refractivity contribution in [3.63, 3.8) is 0 Å². The molecule has 1 heterocycles. The van der Waals surface area contributed by atoms with Gasteiger partial charge in [-0.25, -0.2) is 18.5 Å². The van der Waals surface area contributed by atoms with Crippen molar-refractivity contribution in [2.75, 3.05) is 4.90 Å². The molecule has 25 heavy (non-hydrogen) atoms. The van der Waals surface area contributed by atoms with Crippen molar-refractivity contribution in [2.45, 2.75) is 18.9 Å². The lowest BCUT2D eigenvalue weighted by atomic mass is 9.92. The monoisotopic (exact) mass is 384 g/mol. The second-order valence-corrected chi connectivity index (χ2v) is 6.83. The standard InChI is InChI=1S/C17H12Cl2F2N2O2/c1-17(8-9-2-3-13(20)14(21)4-9)15(24)23(16(25)22-17)12-6-10(18)5-11(19)7-12/h2-7H,8H2,1H3,(H,22,25). The molecule has 1 aliphatic heterocycles. The van der Waals surface area contributed by atoms with Gasteiger partial charge in [0.2, 0.25) is 0 Å². The summed E-state index contributed by atoms with van der Waals surface area (Å²) in [7, 11) is 0. The third kappa shape index (κ3) is 3.32. The van der Waals surface area contributed by atoms with Crippen LogP contribution in [-0.2, 0) is 11.2 Å². The summed E-state index contributed by atoms with van der Waals surface area (Å²) in [6.45, 7) is 1.51. The number of benzene rings is 2. The number of amides is 3. The highest BCUT2D eigenvalue weighted by Crippen LogP contribution is 2.31. The van der Waals surface area contributed by atoms with Gasteiger partial charge in [-0.15, -0.1) is 0 Å². The Morgan fingerprint density at radius 3 is 2.28 bits per heavy atom. The fourth-order valence-corrected chi connectivity index (χ4v) is 3.28. The molecule has 8 heteroatoms. The van der Waals surface area contributed by atoms with Gasteiger partial charge in [0.15, 0.2) is 11.6 Å². The Balaban J connectivity index is 1.92. The molecule has 0 spiro atoms. The van der Waals surface area contributed by atoms with Gasteiger partial charge >= 0.3 is 6.03 Å². The second kappa shape index (κ2) is 6.28. The number of imide groups is 1. The van der Waals surface area contributed by atoms with E-state index in [-0.39, 0.29) is 22.2 Å². The van der Waals surface area contributed by atoms with Gasteiger partial charge in [-0.2, -0.15) is 0 Å². The molecule has 0 bridgehead atoms. The van der Waals surface area contributed by atoms with Crippen LogP contribution in [0, 0.1) is 11.6 Å². The van der Waals surface area contributed by atoms with Crippen LogP contribution < -0.4 is 10.2 Å². The van der Waals surface area contributed by atoms with E-state index in [1.165, 1.54) is 31.2 Å². The van der Waals surface area contributed by atoms with Crippen LogP contribution in [0.15, 0.2) is 36.4 Å². The van der Waals surface area contributed by atoms with Gasteiger partial charge in [0, 0.05) is 16.5 Å². The first-order valence-corrected chi connectivity index (χ1v) is 8.02. The van der Waals surface area contributed by atoms with Crippen molar-refractivity contribution in [2.24, 2.45) is 0 Å². The number of hydrogen-bond donors (Lipinski definition) is 1. The predicted molar refractivity (Wildman–Crippen MR) is 90.9 cm³/mol. The minimum absolute atomic E-state index is 0.000425. The maximum absolute atomic E-state index is 13.4. The summed E-state index contributed by atoms with van der Waals surface area (Å²) in [5.74, 6) is -2.54. The van der Waals surface area contributed by atoms with E-state index >= 15 is 0 Å². The number of halogens is 4. The molecule has 0 aromatic heterocycles. The molecule has 1 saturated heterocycles. The molecule has 130 valence electrons. The Morgan fingerprint density at radius 2 is 1.68 bits per heavy atom. The molecule has 2 aromatic rings. The smallest absolute Gasteiger partial charge is 0.323 e.